The van der Waals surface area contributed by atoms with E-state index in [1.165, 1.54) is 41.4 Å². The van der Waals surface area contributed by atoms with Gasteiger partial charge < -0.3 is 19.9 Å². The molecular weight excluding hydrogens is 347 g/mol. The summed E-state index contributed by atoms with van der Waals surface area (Å²) in [6.45, 7) is 0.387. The van der Waals surface area contributed by atoms with Gasteiger partial charge in [-0.25, -0.2) is 9.78 Å². The lowest BCUT2D eigenvalue weighted by Gasteiger charge is -2.41. The van der Waals surface area contributed by atoms with Crippen LogP contribution in [0.25, 0.3) is 0 Å². The van der Waals surface area contributed by atoms with Crippen molar-refractivity contribution in [1.82, 2.24) is 15.2 Å². The first kappa shape index (κ1) is 12.5. The van der Waals surface area contributed by atoms with Crippen LogP contribution >= 0.6 is 0 Å². The zero-order valence-corrected chi connectivity index (χ0v) is 14.9. The van der Waals surface area contributed by atoms with Gasteiger partial charge in [0, 0.05) is 47.7 Å². The number of halogens is 1. The van der Waals surface area contributed by atoms with E-state index in [0.717, 1.165) is 0 Å². The lowest BCUT2D eigenvalue weighted by Crippen LogP contribution is -2.56. The summed E-state index contributed by atoms with van der Waals surface area (Å²) in [7, 11) is -2.69. The second kappa shape index (κ2) is 8.24. The van der Waals surface area contributed by atoms with E-state index in [4.69, 9.17) is 13.0 Å². The number of carbonyl (C=O) groups excluding carboxylic acids is 1. The van der Waals surface area contributed by atoms with Crippen LogP contribution in [0.4, 0.5) is 14.9 Å². The number of urea groups is 1. The molecule has 1 fully saturated rings. The van der Waals surface area contributed by atoms with E-state index in [9.17, 15) is 9.18 Å². The zero-order valence-electron chi connectivity index (χ0n) is 20.9. The Morgan fingerprint density at radius 1 is 1.41 bits per heavy atom. The van der Waals surface area contributed by atoms with Crippen molar-refractivity contribution in [2.75, 3.05) is 31.6 Å². The molecular formula is C20H25FN4O2. The van der Waals surface area contributed by atoms with Crippen molar-refractivity contribution in [2.45, 2.75) is 25.9 Å². The molecule has 3 rings (SSSR count). The molecule has 1 aliphatic rings. The quantitative estimate of drug-likeness (QED) is 0.830. The fraction of sp³-hybridized carbons (Fsp3) is 0.400. The number of rotatable bonds is 4. The molecule has 0 radical (unpaired) electrons. The number of ether oxygens (including phenoxy) is 1. The van der Waals surface area contributed by atoms with Gasteiger partial charge in [0.1, 0.15) is 5.75 Å². The van der Waals surface area contributed by atoms with Crippen LogP contribution in [0.3, 0.4) is 0 Å². The predicted octanol–water partition coefficient (Wildman–Crippen LogP) is 3.21. The summed E-state index contributed by atoms with van der Waals surface area (Å²) in [4.78, 5) is 20.0. The van der Waals surface area contributed by atoms with E-state index < -0.39 is 31.9 Å². The minimum atomic E-state index is -2.69. The average Bonchev–Trinajstić information content (AvgIpc) is 2.70. The number of nitrogens with one attached hydrogen (secondary N) is 1. The highest BCUT2D eigenvalue weighted by Crippen LogP contribution is 2.21. The lowest BCUT2D eigenvalue weighted by molar-refractivity contribution is 0.168. The second-order valence-electron chi connectivity index (χ2n) is 6.38. The van der Waals surface area contributed by atoms with Crippen molar-refractivity contribution in [2.24, 2.45) is 0 Å². The number of nitrogens with zero attached hydrogens (tertiary/aromatic N) is 3. The Hall–Kier alpha value is -2.83. The van der Waals surface area contributed by atoms with Crippen LogP contribution in [-0.4, -0.2) is 48.6 Å². The number of hydrogen-bond donors (Lipinski definition) is 1. The molecule has 2 aromatic rings. The van der Waals surface area contributed by atoms with Gasteiger partial charge in [-0.2, -0.15) is 4.39 Å². The molecule has 0 saturated carbocycles. The highest BCUT2D eigenvalue weighted by atomic mass is 19.1. The van der Waals surface area contributed by atoms with Gasteiger partial charge in [-0.05, 0) is 37.5 Å². The smallest absolute Gasteiger partial charge is 0.318 e. The molecule has 0 aliphatic carbocycles. The van der Waals surface area contributed by atoms with E-state index in [1.54, 1.807) is 6.07 Å². The first-order chi connectivity index (χ1) is 15.3. The number of amides is 2. The molecule has 2 atom stereocenters. The predicted molar refractivity (Wildman–Crippen MR) is 103 cm³/mol. The summed E-state index contributed by atoms with van der Waals surface area (Å²) >= 11 is 0. The van der Waals surface area contributed by atoms with Crippen LogP contribution in [0.1, 0.15) is 33.6 Å². The molecule has 1 aromatic carbocycles. The molecule has 0 spiro atoms. The Labute approximate surface area is 167 Å². The van der Waals surface area contributed by atoms with Crippen LogP contribution in [0.2, 0.25) is 0 Å². The standard InChI is InChI=1S/C20H25FN4O2/c1-14-13-24(17-7-8-22-19(21)12-17)9-10-25(14)20(26)23-15(2)16-5-4-6-18(11-16)27-3/h4-8,11-12,14-15H,9-10,13H2,1-3H3,(H,23,26)/t14-,15-/m1/s1/i2D3,3D3. The summed E-state index contributed by atoms with van der Waals surface area (Å²) in [5.74, 6) is -0.617. The number of piperazine rings is 1. The topological polar surface area (TPSA) is 57.7 Å². The Kier molecular flexibility index (Phi) is 3.83. The first-order valence-electron chi connectivity index (χ1n) is 11.6. The van der Waals surface area contributed by atoms with E-state index in [1.807, 2.05) is 11.8 Å². The van der Waals surface area contributed by atoms with Gasteiger partial charge in [0.25, 0.3) is 0 Å². The summed E-state index contributed by atoms with van der Waals surface area (Å²) in [6.07, 6.45) is 1.37. The molecule has 1 aliphatic heterocycles. The monoisotopic (exact) mass is 378 g/mol. The number of aromatic nitrogens is 1. The van der Waals surface area contributed by atoms with Gasteiger partial charge in [0.2, 0.25) is 5.95 Å². The van der Waals surface area contributed by atoms with Crippen LogP contribution in [0.15, 0.2) is 42.6 Å². The fourth-order valence-electron chi connectivity index (χ4n) is 3.13. The molecule has 144 valence electrons. The van der Waals surface area contributed by atoms with Crippen molar-refractivity contribution >= 4 is 11.7 Å². The maximum atomic E-state index is 13.5. The third kappa shape index (κ3) is 4.48. The number of benzene rings is 1. The first-order valence-corrected chi connectivity index (χ1v) is 8.56. The molecule has 1 aromatic heterocycles. The number of pyridine rings is 1. The third-order valence-corrected chi connectivity index (χ3v) is 4.54. The number of anilines is 1. The van der Waals surface area contributed by atoms with E-state index in [-0.39, 0.29) is 17.4 Å². The fourth-order valence-corrected chi connectivity index (χ4v) is 3.13. The lowest BCUT2D eigenvalue weighted by atomic mass is 10.1. The Morgan fingerprint density at radius 3 is 3.04 bits per heavy atom. The number of hydrogen-bond acceptors (Lipinski definition) is 4. The molecule has 27 heavy (non-hydrogen) atoms. The van der Waals surface area contributed by atoms with E-state index >= 15 is 0 Å². The zero-order chi connectivity index (χ0) is 24.4. The van der Waals surface area contributed by atoms with Crippen LogP contribution < -0.4 is 15.0 Å². The Morgan fingerprint density at radius 2 is 2.30 bits per heavy atom. The molecule has 2 heterocycles. The summed E-state index contributed by atoms with van der Waals surface area (Å²) < 4.78 is 63.7. The second-order valence-corrected chi connectivity index (χ2v) is 6.38. The molecule has 0 bridgehead atoms. The van der Waals surface area contributed by atoms with Crippen molar-refractivity contribution in [3.63, 3.8) is 0 Å². The normalized spacial score (nSPS) is 22.4. The highest BCUT2D eigenvalue weighted by Gasteiger charge is 2.28. The number of carbonyl (C=O) groups is 1. The van der Waals surface area contributed by atoms with Crippen LogP contribution in [0, 0.1) is 5.95 Å². The Balaban J connectivity index is 1.73. The van der Waals surface area contributed by atoms with Crippen LogP contribution in [-0.2, 0) is 0 Å². The molecule has 2 amide bonds. The van der Waals surface area contributed by atoms with Gasteiger partial charge in [0.15, 0.2) is 0 Å². The molecule has 7 heteroatoms. The van der Waals surface area contributed by atoms with Crippen molar-refractivity contribution in [3.8, 4) is 5.75 Å². The molecule has 6 nitrogen and oxygen atoms in total. The van der Waals surface area contributed by atoms with E-state index in [2.05, 4.69) is 10.3 Å². The minimum Gasteiger partial charge on any atom is -0.497 e. The van der Waals surface area contributed by atoms with Crippen molar-refractivity contribution in [3.05, 3.63) is 54.1 Å². The maximum absolute atomic E-state index is 13.5. The largest absolute Gasteiger partial charge is 0.497 e. The average molecular weight is 378 g/mol. The maximum Gasteiger partial charge on any atom is 0.318 e. The summed E-state index contributed by atoms with van der Waals surface area (Å²) in [5, 5.41) is 2.57. The van der Waals surface area contributed by atoms with Crippen LogP contribution in [0.5, 0.6) is 5.75 Å². The van der Waals surface area contributed by atoms with Crippen molar-refractivity contribution < 1.29 is 22.1 Å². The molecule has 1 saturated heterocycles. The van der Waals surface area contributed by atoms with Gasteiger partial charge in [-0.15, -0.1) is 0 Å². The van der Waals surface area contributed by atoms with Crippen molar-refractivity contribution in [1.29, 1.82) is 0 Å². The summed E-state index contributed by atoms with van der Waals surface area (Å²) in [5.41, 5.74) is 0.851. The molecule has 1 N–H and O–H groups in total. The SMILES string of the molecule is [2H]C([2H])([2H])Oc1cccc([C@H](NC(=O)N2CCN(c3ccnc(F)c3)C[C@H]2C)C([2H])([2H])[2H])c1. The van der Waals surface area contributed by atoms with E-state index in [0.29, 0.717) is 25.3 Å². The Bertz CT molecular complexity index is 988. The van der Waals surface area contributed by atoms with Gasteiger partial charge in [0.05, 0.1) is 17.2 Å². The van der Waals surface area contributed by atoms with Gasteiger partial charge >= 0.3 is 6.03 Å². The highest BCUT2D eigenvalue weighted by molar-refractivity contribution is 5.75. The summed E-state index contributed by atoms with van der Waals surface area (Å²) in [6, 6.07) is 6.44. The molecule has 0 unspecified atom stereocenters. The number of methoxy groups -OCH3 is 1. The minimum absolute atomic E-state index is 0.0254. The third-order valence-electron chi connectivity index (χ3n) is 4.54. The van der Waals surface area contributed by atoms with Gasteiger partial charge in [-0.3, -0.25) is 0 Å². The van der Waals surface area contributed by atoms with Gasteiger partial charge in [-0.1, -0.05) is 12.1 Å².